The van der Waals surface area contributed by atoms with E-state index in [1.165, 1.54) is 50.9 Å². The summed E-state index contributed by atoms with van der Waals surface area (Å²) in [5.41, 5.74) is 1.30. The van der Waals surface area contributed by atoms with Crippen LogP contribution in [0, 0.1) is 11.7 Å². The van der Waals surface area contributed by atoms with Crippen molar-refractivity contribution in [3.05, 3.63) is 35.6 Å². The highest BCUT2D eigenvalue weighted by atomic mass is 19.1. The Balaban J connectivity index is 1.30. The standard InChI is InChI=1S/C17H23FN2/c18-15-3-1-12(2-4-15)14-9-16(10-14)19-17-11-20-7-5-13(17)6-8-20/h1-4,13-14,16-17,19H,5-11H2. The van der Waals surface area contributed by atoms with Crippen LogP contribution < -0.4 is 5.32 Å². The van der Waals surface area contributed by atoms with E-state index < -0.39 is 0 Å². The van der Waals surface area contributed by atoms with Crippen LogP contribution in [0.5, 0.6) is 0 Å². The third kappa shape index (κ3) is 2.38. The van der Waals surface area contributed by atoms with Crippen molar-refractivity contribution in [1.82, 2.24) is 10.2 Å². The van der Waals surface area contributed by atoms with Crippen molar-refractivity contribution in [3.63, 3.8) is 0 Å². The number of benzene rings is 1. The molecule has 5 rings (SSSR count). The summed E-state index contributed by atoms with van der Waals surface area (Å²) in [5.74, 6) is 1.41. The maximum Gasteiger partial charge on any atom is 0.123 e. The third-order valence-electron chi connectivity index (χ3n) is 5.59. The average Bonchev–Trinajstić information content (AvgIpc) is 2.45. The molecule has 1 unspecified atom stereocenters. The first-order valence-corrected chi connectivity index (χ1v) is 8.02. The van der Waals surface area contributed by atoms with Gasteiger partial charge in [0.05, 0.1) is 0 Å². The summed E-state index contributed by atoms with van der Waals surface area (Å²) >= 11 is 0. The number of nitrogens with zero attached hydrogens (tertiary/aromatic N) is 1. The van der Waals surface area contributed by atoms with Crippen LogP contribution in [0.3, 0.4) is 0 Å². The fourth-order valence-corrected chi connectivity index (χ4v) is 4.22. The number of hydrogen-bond donors (Lipinski definition) is 1. The molecule has 0 spiro atoms. The normalized spacial score (nSPS) is 39.5. The Hall–Kier alpha value is -0.930. The molecule has 1 saturated carbocycles. The molecule has 1 atom stereocenters. The Kier molecular flexibility index (Phi) is 3.27. The maximum absolute atomic E-state index is 12.9. The Bertz CT molecular complexity index is 458. The SMILES string of the molecule is Fc1ccc(C2CC(NC3CN4CCC3CC4)C2)cc1. The van der Waals surface area contributed by atoms with Crippen LogP contribution in [0.25, 0.3) is 0 Å². The number of fused-ring (bicyclic) bond motifs is 3. The second-order valence-corrected chi connectivity index (χ2v) is 6.83. The molecular formula is C17H23FN2. The van der Waals surface area contributed by atoms with Crippen molar-refractivity contribution >= 4 is 0 Å². The van der Waals surface area contributed by atoms with Gasteiger partial charge in [0, 0.05) is 18.6 Å². The van der Waals surface area contributed by atoms with Crippen LogP contribution in [0.2, 0.25) is 0 Å². The molecule has 1 aromatic carbocycles. The van der Waals surface area contributed by atoms with Gasteiger partial charge in [-0.1, -0.05) is 12.1 Å². The second-order valence-electron chi connectivity index (χ2n) is 6.83. The van der Waals surface area contributed by atoms with Crippen molar-refractivity contribution in [2.75, 3.05) is 19.6 Å². The molecule has 3 saturated heterocycles. The predicted octanol–water partition coefficient (Wildman–Crippen LogP) is 2.76. The van der Waals surface area contributed by atoms with Gasteiger partial charge in [0.1, 0.15) is 5.82 Å². The highest BCUT2D eigenvalue weighted by molar-refractivity contribution is 5.23. The van der Waals surface area contributed by atoms with Gasteiger partial charge in [0.15, 0.2) is 0 Å². The molecule has 0 amide bonds. The van der Waals surface area contributed by atoms with Crippen molar-refractivity contribution in [2.45, 2.75) is 43.7 Å². The van der Waals surface area contributed by atoms with Crippen molar-refractivity contribution < 1.29 is 4.39 Å². The minimum absolute atomic E-state index is 0.130. The van der Waals surface area contributed by atoms with E-state index in [0.717, 1.165) is 12.0 Å². The van der Waals surface area contributed by atoms with Crippen LogP contribution in [0.1, 0.15) is 37.2 Å². The van der Waals surface area contributed by atoms with Gasteiger partial charge >= 0.3 is 0 Å². The molecule has 4 aliphatic rings. The number of halogens is 1. The highest BCUT2D eigenvalue weighted by Gasteiger charge is 2.38. The monoisotopic (exact) mass is 274 g/mol. The lowest BCUT2D eigenvalue weighted by molar-refractivity contribution is 0.0584. The number of piperidine rings is 3. The molecule has 20 heavy (non-hydrogen) atoms. The number of rotatable bonds is 3. The summed E-state index contributed by atoms with van der Waals surface area (Å²) in [4.78, 5) is 2.60. The fourth-order valence-electron chi connectivity index (χ4n) is 4.22. The Morgan fingerprint density at radius 3 is 2.35 bits per heavy atom. The van der Waals surface area contributed by atoms with E-state index in [4.69, 9.17) is 0 Å². The largest absolute Gasteiger partial charge is 0.310 e. The van der Waals surface area contributed by atoms with Crippen LogP contribution in [0.4, 0.5) is 4.39 Å². The lowest BCUT2D eigenvalue weighted by Crippen LogP contribution is -2.59. The zero-order valence-electron chi connectivity index (χ0n) is 11.9. The van der Waals surface area contributed by atoms with E-state index in [1.807, 2.05) is 12.1 Å². The van der Waals surface area contributed by atoms with Crippen LogP contribution in [-0.4, -0.2) is 36.6 Å². The predicted molar refractivity (Wildman–Crippen MR) is 78.3 cm³/mol. The molecule has 1 N–H and O–H groups in total. The molecule has 4 fully saturated rings. The quantitative estimate of drug-likeness (QED) is 0.912. The topological polar surface area (TPSA) is 15.3 Å². The molecule has 108 valence electrons. The summed E-state index contributed by atoms with van der Waals surface area (Å²) < 4.78 is 12.9. The lowest BCUT2D eigenvalue weighted by Gasteiger charge is -2.48. The van der Waals surface area contributed by atoms with Crippen LogP contribution in [0.15, 0.2) is 24.3 Å². The van der Waals surface area contributed by atoms with Gasteiger partial charge in [-0.3, -0.25) is 0 Å². The Morgan fingerprint density at radius 1 is 1.05 bits per heavy atom. The van der Waals surface area contributed by atoms with Crippen LogP contribution in [-0.2, 0) is 0 Å². The molecule has 2 nitrogen and oxygen atoms in total. The summed E-state index contributed by atoms with van der Waals surface area (Å²) in [6.07, 6.45) is 5.20. The summed E-state index contributed by atoms with van der Waals surface area (Å²) in [6.45, 7) is 3.87. The van der Waals surface area contributed by atoms with E-state index in [1.54, 1.807) is 12.1 Å². The summed E-state index contributed by atoms with van der Waals surface area (Å²) in [7, 11) is 0. The van der Waals surface area contributed by atoms with Crippen molar-refractivity contribution in [2.24, 2.45) is 5.92 Å². The average molecular weight is 274 g/mol. The molecule has 1 aromatic rings. The first kappa shape index (κ1) is 12.8. The van der Waals surface area contributed by atoms with Crippen LogP contribution >= 0.6 is 0 Å². The van der Waals surface area contributed by atoms with Gasteiger partial charge in [-0.2, -0.15) is 0 Å². The lowest BCUT2D eigenvalue weighted by atomic mass is 9.74. The highest BCUT2D eigenvalue weighted by Crippen LogP contribution is 2.38. The summed E-state index contributed by atoms with van der Waals surface area (Å²) in [5, 5.41) is 3.88. The molecule has 3 heterocycles. The molecule has 0 radical (unpaired) electrons. The molecule has 3 aliphatic heterocycles. The smallest absolute Gasteiger partial charge is 0.123 e. The van der Waals surface area contributed by atoms with Gasteiger partial charge < -0.3 is 10.2 Å². The first-order valence-electron chi connectivity index (χ1n) is 8.02. The number of hydrogen-bond acceptors (Lipinski definition) is 2. The van der Waals surface area contributed by atoms with Gasteiger partial charge in [0.25, 0.3) is 0 Å². The van der Waals surface area contributed by atoms with E-state index in [0.29, 0.717) is 12.0 Å². The molecule has 3 heteroatoms. The Labute approximate surface area is 120 Å². The van der Waals surface area contributed by atoms with E-state index >= 15 is 0 Å². The molecule has 0 aromatic heterocycles. The molecule has 1 aliphatic carbocycles. The van der Waals surface area contributed by atoms with Gasteiger partial charge in [-0.25, -0.2) is 4.39 Å². The zero-order valence-corrected chi connectivity index (χ0v) is 11.9. The molecular weight excluding hydrogens is 251 g/mol. The van der Waals surface area contributed by atoms with Crippen molar-refractivity contribution in [1.29, 1.82) is 0 Å². The van der Waals surface area contributed by atoms with Gasteiger partial charge in [0.2, 0.25) is 0 Å². The maximum atomic E-state index is 12.9. The minimum atomic E-state index is -0.130. The van der Waals surface area contributed by atoms with E-state index in [2.05, 4.69) is 10.2 Å². The van der Waals surface area contributed by atoms with Gasteiger partial charge in [-0.05, 0) is 68.3 Å². The van der Waals surface area contributed by atoms with Gasteiger partial charge in [-0.15, -0.1) is 0 Å². The fraction of sp³-hybridized carbons (Fsp3) is 0.647. The number of nitrogens with one attached hydrogen (secondary N) is 1. The third-order valence-corrected chi connectivity index (χ3v) is 5.59. The Morgan fingerprint density at radius 2 is 1.75 bits per heavy atom. The molecule has 2 bridgehead atoms. The van der Waals surface area contributed by atoms with Crippen molar-refractivity contribution in [3.8, 4) is 0 Å². The van der Waals surface area contributed by atoms with E-state index in [9.17, 15) is 4.39 Å². The van der Waals surface area contributed by atoms with E-state index in [-0.39, 0.29) is 5.82 Å². The second kappa shape index (κ2) is 5.12. The zero-order chi connectivity index (χ0) is 13.5. The minimum Gasteiger partial charge on any atom is -0.310 e. The summed E-state index contributed by atoms with van der Waals surface area (Å²) in [6, 6.07) is 8.47. The first-order chi connectivity index (χ1) is 9.78.